The Morgan fingerprint density at radius 2 is 2.27 bits per heavy atom. The van der Waals surface area contributed by atoms with Gasteiger partial charge in [0.15, 0.2) is 0 Å². The van der Waals surface area contributed by atoms with Crippen LogP contribution >= 0.6 is 0 Å². The van der Waals surface area contributed by atoms with Crippen LogP contribution < -0.4 is 0 Å². The van der Waals surface area contributed by atoms with Gasteiger partial charge < -0.3 is 5.11 Å². The average Bonchev–Trinajstić information content (AvgIpc) is 1.86. The second-order valence-electron chi connectivity index (χ2n) is 3.43. The number of aliphatic carboxylic acids is 1. The number of hydrogen-bond acceptors (Lipinski definition) is 2. The summed E-state index contributed by atoms with van der Waals surface area (Å²) in [5.41, 5.74) is -0.782. The molecule has 0 spiro atoms. The maximum Gasteiger partial charge on any atom is 0.309 e. The molecule has 1 fully saturated rings. The van der Waals surface area contributed by atoms with E-state index in [4.69, 9.17) is 5.11 Å². The lowest BCUT2D eigenvalue weighted by atomic mass is 9.75. The maximum absolute atomic E-state index is 10.9. The van der Waals surface area contributed by atoms with Gasteiger partial charge in [0.05, 0.1) is 5.41 Å². The lowest BCUT2D eigenvalue weighted by Gasteiger charge is -2.27. The Kier molecular flexibility index (Phi) is 1.98. The maximum atomic E-state index is 10.9. The molecule has 1 rings (SSSR count). The molecule has 0 heterocycles. The minimum atomic E-state index is -0.842. The third-order valence-electron chi connectivity index (χ3n) is 2.29. The highest BCUT2D eigenvalue weighted by molar-refractivity contribution is 5.87. The highest BCUT2D eigenvalue weighted by Gasteiger charge is 2.37. The average molecular weight is 156 g/mol. The molecule has 11 heavy (non-hydrogen) atoms. The second kappa shape index (κ2) is 2.64. The summed E-state index contributed by atoms with van der Waals surface area (Å²) in [7, 11) is 0. The van der Waals surface area contributed by atoms with Crippen molar-refractivity contribution in [2.24, 2.45) is 5.41 Å². The zero-order valence-corrected chi connectivity index (χ0v) is 6.59. The summed E-state index contributed by atoms with van der Waals surface area (Å²) in [6.07, 6.45) is 2.13. The van der Waals surface area contributed by atoms with Gasteiger partial charge in [0.25, 0.3) is 0 Å². The summed E-state index contributed by atoms with van der Waals surface area (Å²) < 4.78 is 0. The Labute approximate surface area is 65.4 Å². The first kappa shape index (κ1) is 8.24. The van der Waals surface area contributed by atoms with Gasteiger partial charge in [-0.2, -0.15) is 0 Å². The zero-order valence-electron chi connectivity index (χ0n) is 6.59. The smallest absolute Gasteiger partial charge is 0.309 e. The fourth-order valence-corrected chi connectivity index (χ4v) is 1.47. The highest BCUT2D eigenvalue weighted by atomic mass is 16.4. The van der Waals surface area contributed by atoms with Crippen molar-refractivity contribution in [2.75, 3.05) is 0 Å². The molecule has 1 saturated carbocycles. The van der Waals surface area contributed by atoms with Gasteiger partial charge in [0, 0.05) is 12.8 Å². The van der Waals surface area contributed by atoms with Crippen LogP contribution in [0.5, 0.6) is 0 Å². The van der Waals surface area contributed by atoms with Crippen LogP contribution in [0.15, 0.2) is 0 Å². The standard InChI is InChI=1S/C8H12O3/c1-8(7(10)11)4-2-3-6(9)5-8/h2-5H2,1H3,(H,10,11)/t8-/m1/s1. The first-order valence-electron chi connectivity index (χ1n) is 3.80. The number of carbonyl (C=O) groups excluding carboxylic acids is 1. The van der Waals surface area contributed by atoms with Crippen molar-refractivity contribution in [3.05, 3.63) is 0 Å². The van der Waals surface area contributed by atoms with Crippen LogP contribution in [0.3, 0.4) is 0 Å². The normalized spacial score (nSPS) is 31.9. The van der Waals surface area contributed by atoms with Crippen molar-refractivity contribution in [2.45, 2.75) is 32.6 Å². The van der Waals surface area contributed by atoms with Crippen molar-refractivity contribution < 1.29 is 14.7 Å². The molecule has 0 aromatic rings. The SMILES string of the molecule is C[C@@]1(C(=O)O)CCCC(=O)C1. The summed E-state index contributed by atoms with van der Waals surface area (Å²) in [6.45, 7) is 1.65. The summed E-state index contributed by atoms with van der Waals surface area (Å²) in [5.74, 6) is -0.758. The van der Waals surface area contributed by atoms with Crippen LogP contribution in [-0.2, 0) is 9.59 Å². The van der Waals surface area contributed by atoms with Crippen LogP contribution in [0.4, 0.5) is 0 Å². The van der Waals surface area contributed by atoms with E-state index in [2.05, 4.69) is 0 Å². The van der Waals surface area contributed by atoms with Gasteiger partial charge in [-0.1, -0.05) is 0 Å². The van der Waals surface area contributed by atoms with E-state index in [0.29, 0.717) is 12.8 Å². The third kappa shape index (κ3) is 1.59. The molecule has 62 valence electrons. The van der Waals surface area contributed by atoms with Crippen LogP contribution in [0.25, 0.3) is 0 Å². The van der Waals surface area contributed by atoms with Crippen molar-refractivity contribution in [1.82, 2.24) is 0 Å². The van der Waals surface area contributed by atoms with Gasteiger partial charge in [-0.25, -0.2) is 0 Å². The van der Waals surface area contributed by atoms with E-state index in [1.165, 1.54) is 0 Å². The van der Waals surface area contributed by atoms with E-state index in [-0.39, 0.29) is 12.2 Å². The number of carbonyl (C=O) groups is 2. The summed E-state index contributed by atoms with van der Waals surface area (Å²) in [5, 5.41) is 8.76. The first-order valence-corrected chi connectivity index (χ1v) is 3.80. The third-order valence-corrected chi connectivity index (χ3v) is 2.29. The summed E-state index contributed by atoms with van der Waals surface area (Å²) in [6, 6.07) is 0. The van der Waals surface area contributed by atoms with E-state index < -0.39 is 11.4 Å². The fraction of sp³-hybridized carbons (Fsp3) is 0.750. The van der Waals surface area contributed by atoms with E-state index in [1.807, 2.05) is 0 Å². The Hall–Kier alpha value is -0.860. The Morgan fingerprint density at radius 1 is 1.64 bits per heavy atom. The largest absolute Gasteiger partial charge is 0.481 e. The van der Waals surface area contributed by atoms with E-state index in [1.54, 1.807) is 6.92 Å². The van der Waals surface area contributed by atoms with E-state index >= 15 is 0 Å². The monoisotopic (exact) mass is 156 g/mol. The molecule has 1 aliphatic carbocycles. The summed E-state index contributed by atoms with van der Waals surface area (Å²) in [4.78, 5) is 21.6. The van der Waals surface area contributed by atoms with Crippen molar-refractivity contribution in [3.8, 4) is 0 Å². The Bertz CT molecular complexity index is 198. The minimum absolute atomic E-state index is 0.0844. The molecular weight excluding hydrogens is 144 g/mol. The molecule has 0 bridgehead atoms. The number of carboxylic acid groups (broad SMARTS) is 1. The molecule has 0 aromatic heterocycles. The topological polar surface area (TPSA) is 54.4 Å². The molecule has 0 aliphatic heterocycles. The predicted molar refractivity (Wildman–Crippen MR) is 39.2 cm³/mol. The lowest BCUT2D eigenvalue weighted by Crippen LogP contribution is -2.33. The van der Waals surface area contributed by atoms with Crippen molar-refractivity contribution in [1.29, 1.82) is 0 Å². The number of ketones is 1. The van der Waals surface area contributed by atoms with Crippen molar-refractivity contribution >= 4 is 11.8 Å². The van der Waals surface area contributed by atoms with Gasteiger partial charge in [0.2, 0.25) is 0 Å². The first-order chi connectivity index (χ1) is 5.04. The van der Waals surface area contributed by atoms with Crippen LogP contribution in [0, 0.1) is 5.41 Å². The molecule has 0 aromatic carbocycles. The summed E-state index contributed by atoms with van der Waals surface area (Å²) >= 11 is 0. The Balaban J connectivity index is 2.70. The number of Topliss-reactive ketones (excluding diaryl/α,β-unsaturated/α-hetero) is 1. The molecule has 1 aliphatic rings. The fourth-order valence-electron chi connectivity index (χ4n) is 1.47. The number of hydrogen-bond donors (Lipinski definition) is 1. The molecule has 1 atom stereocenters. The molecule has 3 nitrogen and oxygen atoms in total. The van der Waals surface area contributed by atoms with Crippen LogP contribution in [0.1, 0.15) is 32.6 Å². The van der Waals surface area contributed by atoms with Crippen LogP contribution in [0.2, 0.25) is 0 Å². The van der Waals surface area contributed by atoms with E-state index in [9.17, 15) is 9.59 Å². The van der Waals surface area contributed by atoms with Gasteiger partial charge in [-0.3, -0.25) is 9.59 Å². The van der Waals surface area contributed by atoms with Gasteiger partial charge in [-0.15, -0.1) is 0 Å². The number of rotatable bonds is 1. The Morgan fingerprint density at radius 3 is 2.64 bits per heavy atom. The molecular formula is C8H12O3. The number of carboxylic acids is 1. The minimum Gasteiger partial charge on any atom is -0.481 e. The second-order valence-corrected chi connectivity index (χ2v) is 3.43. The molecule has 0 amide bonds. The van der Waals surface area contributed by atoms with Gasteiger partial charge in [0.1, 0.15) is 5.78 Å². The van der Waals surface area contributed by atoms with Crippen molar-refractivity contribution in [3.63, 3.8) is 0 Å². The van der Waals surface area contributed by atoms with Gasteiger partial charge in [-0.05, 0) is 19.8 Å². The molecule has 1 N–H and O–H groups in total. The molecule has 0 radical (unpaired) electrons. The molecule has 0 saturated heterocycles. The quantitative estimate of drug-likeness (QED) is 0.621. The molecule has 0 unspecified atom stereocenters. The highest BCUT2D eigenvalue weighted by Crippen LogP contribution is 2.33. The molecule has 3 heteroatoms. The van der Waals surface area contributed by atoms with Gasteiger partial charge >= 0.3 is 5.97 Å². The zero-order chi connectivity index (χ0) is 8.48. The lowest BCUT2D eigenvalue weighted by molar-refractivity contribution is -0.152. The van der Waals surface area contributed by atoms with Crippen LogP contribution in [-0.4, -0.2) is 16.9 Å². The predicted octanol–water partition coefficient (Wildman–Crippen LogP) is 1.22. The van der Waals surface area contributed by atoms with E-state index in [0.717, 1.165) is 6.42 Å².